The first kappa shape index (κ1) is 8.44. The van der Waals surface area contributed by atoms with Crippen LogP contribution in [0.4, 0.5) is 0 Å². The molecule has 1 fully saturated rings. The molecule has 1 aliphatic heterocycles. The van der Waals surface area contributed by atoms with Gasteiger partial charge in [-0.1, -0.05) is 0 Å². The number of hydrogen-bond donors (Lipinski definition) is 0. The summed E-state index contributed by atoms with van der Waals surface area (Å²) in [6.07, 6.45) is 2.52. The van der Waals surface area contributed by atoms with E-state index in [1.165, 1.54) is 0 Å². The van der Waals surface area contributed by atoms with Gasteiger partial charge in [0.2, 0.25) is 0 Å². The second-order valence-electron chi connectivity index (χ2n) is 2.88. The molecule has 0 aromatic carbocycles. The lowest BCUT2D eigenvalue weighted by molar-refractivity contribution is -0.134. The Bertz CT molecular complexity index is 367. The van der Waals surface area contributed by atoms with Gasteiger partial charge in [0.05, 0.1) is 6.61 Å². The van der Waals surface area contributed by atoms with Crippen LogP contribution in [0, 0.1) is 6.92 Å². The molecule has 0 bridgehead atoms. The van der Waals surface area contributed by atoms with Crippen LogP contribution in [0.3, 0.4) is 0 Å². The minimum Gasteiger partial charge on any atom is -0.462 e. The van der Waals surface area contributed by atoms with Gasteiger partial charge in [0.25, 0.3) is 0 Å². The molecule has 0 saturated carbocycles. The fourth-order valence-electron chi connectivity index (χ4n) is 1.17. The van der Waals surface area contributed by atoms with Crippen LogP contribution < -0.4 is 0 Å². The van der Waals surface area contributed by atoms with Gasteiger partial charge < -0.3 is 4.74 Å². The monoisotopic (exact) mass is 195 g/mol. The number of ether oxygens (including phenoxy) is 1. The second-order valence-corrected chi connectivity index (χ2v) is 3.77. The molecular formula is C9H9NO2S. The van der Waals surface area contributed by atoms with Crippen LogP contribution in [0.5, 0.6) is 0 Å². The number of aromatic nitrogens is 1. The lowest BCUT2D eigenvalue weighted by Gasteiger charge is -1.88. The molecule has 1 aliphatic rings. The molecule has 0 N–H and O–H groups in total. The first-order chi connectivity index (χ1) is 6.25. The molecule has 2 rings (SSSR count). The number of esters is 1. The van der Waals surface area contributed by atoms with Gasteiger partial charge in [-0.15, -0.1) is 11.3 Å². The zero-order valence-electron chi connectivity index (χ0n) is 7.24. The first-order valence-electron chi connectivity index (χ1n) is 4.05. The van der Waals surface area contributed by atoms with Crippen molar-refractivity contribution in [1.29, 1.82) is 0 Å². The minimum absolute atomic E-state index is 0.201. The van der Waals surface area contributed by atoms with E-state index in [2.05, 4.69) is 4.98 Å². The van der Waals surface area contributed by atoms with E-state index in [4.69, 9.17) is 4.74 Å². The number of rotatable bonds is 1. The predicted octanol–water partition coefficient (Wildman–Crippen LogP) is 1.78. The van der Waals surface area contributed by atoms with Crippen molar-refractivity contribution in [3.63, 3.8) is 0 Å². The van der Waals surface area contributed by atoms with Gasteiger partial charge in [-0.05, 0) is 13.0 Å². The number of hydrogen-bond acceptors (Lipinski definition) is 4. The summed E-state index contributed by atoms with van der Waals surface area (Å²) in [4.78, 5) is 15.3. The van der Waals surface area contributed by atoms with Crippen molar-refractivity contribution in [3.8, 4) is 0 Å². The molecule has 4 heteroatoms. The smallest absolute Gasteiger partial charge is 0.334 e. The summed E-state index contributed by atoms with van der Waals surface area (Å²) in [6.45, 7) is 2.44. The number of carbonyl (C=O) groups is 1. The normalized spacial score (nSPS) is 19.5. The molecule has 0 spiro atoms. The topological polar surface area (TPSA) is 39.2 Å². The Labute approximate surface area is 80.1 Å². The zero-order chi connectivity index (χ0) is 9.26. The van der Waals surface area contributed by atoms with Gasteiger partial charge >= 0.3 is 5.97 Å². The highest BCUT2D eigenvalue weighted by Crippen LogP contribution is 2.19. The Morgan fingerprint density at radius 2 is 2.54 bits per heavy atom. The minimum atomic E-state index is -0.201. The zero-order valence-corrected chi connectivity index (χ0v) is 8.06. The van der Waals surface area contributed by atoms with Crippen molar-refractivity contribution >= 4 is 23.4 Å². The summed E-state index contributed by atoms with van der Waals surface area (Å²) in [7, 11) is 0. The third kappa shape index (κ3) is 1.78. The number of cyclic esters (lactones) is 1. The third-order valence-electron chi connectivity index (χ3n) is 1.80. The molecule has 0 radical (unpaired) electrons. The van der Waals surface area contributed by atoms with Crippen LogP contribution in [0.1, 0.15) is 17.1 Å². The van der Waals surface area contributed by atoms with Crippen molar-refractivity contribution in [2.75, 3.05) is 6.61 Å². The summed E-state index contributed by atoms with van der Waals surface area (Å²) in [6, 6.07) is 0. The third-order valence-corrected chi connectivity index (χ3v) is 2.71. The predicted molar refractivity (Wildman–Crippen MR) is 50.4 cm³/mol. The van der Waals surface area contributed by atoms with Crippen molar-refractivity contribution in [3.05, 3.63) is 21.7 Å². The van der Waals surface area contributed by atoms with Crippen molar-refractivity contribution in [2.24, 2.45) is 0 Å². The van der Waals surface area contributed by atoms with Crippen molar-refractivity contribution < 1.29 is 9.53 Å². The van der Waals surface area contributed by atoms with Crippen LogP contribution in [0.15, 0.2) is 11.0 Å². The van der Waals surface area contributed by atoms with E-state index in [1.807, 2.05) is 18.4 Å². The molecule has 0 unspecified atom stereocenters. The molecule has 1 aromatic heterocycles. The number of nitrogens with zero attached hydrogens (tertiary/aromatic N) is 1. The highest BCUT2D eigenvalue weighted by Gasteiger charge is 2.18. The average molecular weight is 195 g/mol. The Hall–Kier alpha value is -1.16. The Morgan fingerprint density at radius 1 is 1.69 bits per heavy atom. The first-order valence-corrected chi connectivity index (χ1v) is 4.93. The Kier molecular flexibility index (Phi) is 2.14. The molecule has 3 nitrogen and oxygen atoms in total. The molecule has 0 atom stereocenters. The standard InChI is InChI=1S/C9H9NO2S/c1-6-5-13-8(10-6)4-7-2-3-12-9(7)11/h4-5H,2-3H2,1H3/b7-4-. The average Bonchev–Trinajstić information content (AvgIpc) is 2.64. The van der Waals surface area contributed by atoms with E-state index >= 15 is 0 Å². The van der Waals surface area contributed by atoms with Gasteiger partial charge in [-0.3, -0.25) is 0 Å². The molecule has 13 heavy (non-hydrogen) atoms. The largest absolute Gasteiger partial charge is 0.462 e. The lowest BCUT2D eigenvalue weighted by atomic mass is 10.2. The fraction of sp³-hybridized carbons (Fsp3) is 0.333. The fourth-order valence-corrected chi connectivity index (χ4v) is 1.92. The van der Waals surface area contributed by atoms with E-state index in [0.717, 1.165) is 16.3 Å². The number of carbonyl (C=O) groups excluding carboxylic acids is 1. The van der Waals surface area contributed by atoms with Crippen molar-refractivity contribution in [2.45, 2.75) is 13.3 Å². The summed E-state index contributed by atoms with van der Waals surface area (Å²) in [5.41, 5.74) is 1.72. The maximum atomic E-state index is 11.1. The van der Waals surface area contributed by atoms with E-state index in [0.29, 0.717) is 13.0 Å². The maximum absolute atomic E-state index is 11.1. The molecule has 0 aliphatic carbocycles. The Balaban J connectivity index is 2.24. The summed E-state index contributed by atoms with van der Waals surface area (Å²) in [5, 5.41) is 2.85. The van der Waals surface area contributed by atoms with E-state index < -0.39 is 0 Å². The highest BCUT2D eigenvalue weighted by atomic mass is 32.1. The van der Waals surface area contributed by atoms with Crippen LogP contribution in [-0.4, -0.2) is 17.6 Å². The molecule has 1 aromatic rings. The summed E-state index contributed by atoms with van der Waals surface area (Å²) in [5.74, 6) is -0.201. The number of thiazole rings is 1. The number of aryl methyl sites for hydroxylation is 1. The van der Waals surface area contributed by atoms with Crippen LogP contribution in [0.25, 0.3) is 6.08 Å². The molecule has 0 amide bonds. The Morgan fingerprint density at radius 3 is 3.08 bits per heavy atom. The van der Waals surface area contributed by atoms with Gasteiger partial charge in [0, 0.05) is 23.1 Å². The highest BCUT2D eigenvalue weighted by molar-refractivity contribution is 7.10. The molecule has 68 valence electrons. The van der Waals surface area contributed by atoms with Gasteiger partial charge in [-0.2, -0.15) is 0 Å². The van der Waals surface area contributed by atoms with Crippen molar-refractivity contribution in [1.82, 2.24) is 4.98 Å². The van der Waals surface area contributed by atoms with E-state index in [-0.39, 0.29) is 5.97 Å². The lowest BCUT2D eigenvalue weighted by Crippen LogP contribution is -1.93. The van der Waals surface area contributed by atoms with E-state index in [1.54, 1.807) is 11.3 Å². The maximum Gasteiger partial charge on any atom is 0.334 e. The van der Waals surface area contributed by atoms with Crippen LogP contribution >= 0.6 is 11.3 Å². The van der Waals surface area contributed by atoms with Gasteiger partial charge in [-0.25, -0.2) is 9.78 Å². The summed E-state index contributed by atoms with van der Waals surface area (Å²) < 4.78 is 4.81. The van der Waals surface area contributed by atoms with Crippen LogP contribution in [-0.2, 0) is 9.53 Å². The molecule has 2 heterocycles. The molecular weight excluding hydrogens is 186 g/mol. The SMILES string of the molecule is Cc1csc(/C=C2/CCOC2=O)n1. The summed E-state index contributed by atoms with van der Waals surface area (Å²) >= 11 is 1.54. The van der Waals surface area contributed by atoms with Gasteiger partial charge in [0.15, 0.2) is 0 Å². The second kappa shape index (κ2) is 3.30. The van der Waals surface area contributed by atoms with Crippen LogP contribution in [0.2, 0.25) is 0 Å². The van der Waals surface area contributed by atoms with E-state index in [9.17, 15) is 4.79 Å². The van der Waals surface area contributed by atoms with Gasteiger partial charge in [0.1, 0.15) is 5.01 Å². The molecule has 1 saturated heterocycles. The quantitative estimate of drug-likeness (QED) is 0.506.